The zero-order chi connectivity index (χ0) is 25.3. The van der Waals surface area contributed by atoms with Gasteiger partial charge in [0, 0.05) is 13.1 Å². The van der Waals surface area contributed by atoms with Gasteiger partial charge in [-0.1, -0.05) is 43.2 Å². The van der Waals surface area contributed by atoms with Gasteiger partial charge in [0.2, 0.25) is 21.8 Å². The van der Waals surface area contributed by atoms with Crippen molar-refractivity contribution in [2.24, 2.45) is 0 Å². The molecule has 186 valence electrons. The molecule has 2 aromatic carbocycles. The van der Waals surface area contributed by atoms with E-state index < -0.39 is 28.5 Å². The number of hydrogen-bond donors (Lipinski definition) is 1. The Kier molecular flexibility index (Phi) is 9.92. The van der Waals surface area contributed by atoms with Crippen LogP contribution in [0.3, 0.4) is 0 Å². The molecule has 34 heavy (non-hydrogen) atoms. The summed E-state index contributed by atoms with van der Waals surface area (Å²) >= 11 is 0. The maximum atomic E-state index is 13.5. The van der Waals surface area contributed by atoms with Crippen LogP contribution in [0.2, 0.25) is 0 Å². The number of amides is 2. The van der Waals surface area contributed by atoms with Crippen molar-refractivity contribution in [2.75, 3.05) is 30.8 Å². The highest BCUT2D eigenvalue weighted by Gasteiger charge is 2.30. The lowest BCUT2D eigenvalue weighted by Gasteiger charge is -2.31. The third kappa shape index (κ3) is 7.76. The second-order valence-corrected chi connectivity index (χ2v) is 10.2. The lowest BCUT2D eigenvalue weighted by molar-refractivity contribution is -0.139. The number of methoxy groups -OCH3 is 1. The highest BCUT2D eigenvalue weighted by Crippen LogP contribution is 2.20. The molecule has 9 heteroatoms. The molecular formula is C25H35N3O5S. The van der Waals surface area contributed by atoms with Gasteiger partial charge in [0.05, 0.1) is 19.1 Å². The van der Waals surface area contributed by atoms with Gasteiger partial charge in [0.25, 0.3) is 0 Å². The Morgan fingerprint density at radius 3 is 2.38 bits per heavy atom. The Bertz CT molecular complexity index is 1070. The highest BCUT2D eigenvalue weighted by molar-refractivity contribution is 7.92. The first-order valence-electron chi connectivity index (χ1n) is 11.3. The first kappa shape index (κ1) is 27.2. The van der Waals surface area contributed by atoms with Crippen molar-refractivity contribution >= 4 is 27.5 Å². The van der Waals surface area contributed by atoms with Crippen LogP contribution >= 0.6 is 0 Å². The molecular weight excluding hydrogens is 454 g/mol. The fourth-order valence-corrected chi connectivity index (χ4v) is 4.26. The number of aryl methyl sites for hydroxylation is 1. The van der Waals surface area contributed by atoms with Crippen LogP contribution in [0.1, 0.15) is 37.8 Å². The van der Waals surface area contributed by atoms with E-state index in [2.05, 4.69) is 5.32 Å². The normalized spacial score (nSPS) is 12.0. The van der Waals surface area contributed by atoms with Crippen LogP contribution in [0.15, 0.2) is 48.5 Å². The summed E-state index contributed by atoms with van der Waals surface area (Å²) in [5, 5.41) is 2.86. The summed E-state index contributed by atoms with van der Waals surface area (Å²) < 4.78 is 31.4. The second-order valence-electron chi connectivity index (χ2n) is 8.30. The molecule has 1 unspecified atom stereocenters. The van der Waals surface area contributed by atoms with Crippen LogP contribution in [-0.4, -0.2) is 57.6 Å². The molecule has 0 bridgehead atoms. The summed E-state index contributed by atoms with van der Waals surface area (Å²) in [6.07, 6.45) is 2.83. The van der Waals surface area contributed by atoms with Gasteiger partial charge >= 0.3 is 0 Å². The van der Waals surface area contributed by atoms with Crippen LogP contribution in [-0.2, 0) is 26.2 Å². The molecule has 8 nitrogen and oxygen atoms in total. The molecule has 2 rings (SSSR count). The average molecular weight is 490 g/mol. The minimum atomic E-state index is -3.74. The third-order valence-corrected chi connectivity index (χ3v) is 6.63. The largest absolute Gasteiger partial charge is 0.497 e. The number of ether oxygens (including phenoxy) is 1. The van der Waals surface area contributed by atoms with E-state index in [0.29, 0.717) is 18.0 Å². The Morgan fingerprint density at radius 1 is 1.12 bits per heavy atom. The topological polar surface area (TPSA) is 96.0 Å². The van der Waals surface area contributed by atoms with Crippen LogP contribution in [0.5, 0.6) is 5.75 Å². The standard InChI is InChI=1S/C25H35N3O5S/c1-6-7-15-26-25(30)20(3)27(17-21-9-8-10-23(16-21)33-4)24(29)18-28(34(5,31)32)22-13-11-19(2)12-14-22/h8-14,16,20H,6-7,15,17-18H2,1-5H3,(H,26,30). The van der Waals surface area contributed by atoms with Crippen LogP contribution in [0, 0.1) is 6.92 Å². The van der Waals surface area contributed by atoms with Crippen molar-refractivity contribution in [2.45, 2.75) is 46.2 Å². The van der Waals surface area contributed by atoms with Gasteiger partial charge < -0.3 is 15.0 Å². The van der Waals surface area contributed by atoms with E-state index in [1.165, 1.54) is 4.90 Å². The molecule has 0 saturated heterocycles. The number of carbonyl (C=O) groups excluding carboxylic acids is 2. The number of rotatable bonds is 12. The predicted octanol–water partition coefficient (Wildman–Crippen LogP) is 3.10. The quantitative estimate of drug-likeness (QED) is 0.462. The van der Waals surface area contributed by atoms with Crippen molar-refractivity contribution in [3.63, 3.8) is 0 Å². The number of unbranched alkanes of at least 4 members (excludes halogenated alkanes) is 1. The van der Waals surface area contributed by atoms with Crippen molar-refractivity contribution in [3.8, 4) is 5.75 Å². The summed E-state index contributed by atoms with van der Waals surface area (Å²) in [6, 6.07) is 13.3. The van der Waals surface area contributed by atoms with Crippen molar-refractivity contribution in [3.05, 3.63) is 59.7 Å². The van der Waals surface area contributed by atoms with Crippen LogP contribution in [0.25, 0.3) is 0 Å². The smallest absolute Gasteiger partial charge is 0.244 e. The van der Waals surface area contributed by atoms with E-state index in [4.69, 9.17) is 4.74 Å². The molecule has 0 aliphatic carbocycles. The molecule has 2 amide bonds. The maximum Gasteiger partial charge on any atom is 0.244 e. The van der Waals surface area contributed by atoms with Crippen molar-refractivity contribution in [1.29, 1.82) is 0 Å². The second kappa shape index (κ2) is 12.4. The fraction of sp³-hybridized carbons (Fsp3) is 0.440. The fourth-order valence-electron chi connectivity index (χ4n) is 3.41. The molecule has 0 spiro atoms. The number of nitrogens with one attached hydrogen (secondary N) is 1. The summed E-state index contributed by atoms with van der Waals surface area (Å²) in [5.74, 6) is -0.139. The van der Waals surface area contributed by atoms with Crippen LogP contribution < -0.4 is 14.4 Å². The summed E-state index contributed by atoms with van der Waals surface area (Å²) in [4.78, 5) is 27.7. The van der Waals surface area contributed by atoms with E-state index in [0.717, 1.165) is 34.5 Å². The molecule has 0 fully saturated rings. The Morgan fingerprint density at radius 2 is 1.79 bits per heavy atom. The molecule has 2 aromatic rings. The lowest BCUT2D eigenvalue weighted by Crippen LogP contribution is -2.51. The zero-order valence-corrected chi connectivity index (χ0v) is 21.4. The van der Waals surface area contributed by atoms with Gasteiger partial charge in [-0.3, -0.25) is 13.9 Å². The highest BCUT2D eigenvalue weighted by atomic mass is 32.2. The monoisotopic (exact) mass is 489 g/mol. The van der Waals surface area contributed by atoms with E-state index in [1.54, 1.807) is 56.5 Å². The molecule has 0 aliphatic heterocycles. The zero-order valence-electron chi connectivity index (χ0n) is 20.6. The first-order valence-corrected chi connectivity index (χ1v) is 13.2. The van der Waals surface area contributed by atoms with Gasteiger partial charge in [-0.05, 0) is 50.1 Å². The van der Waals surface area contributed by atoms with E-state index >= 15 is 0 Å². The number of hydrogen-bond acceptors (Lipinski definition) is 5. The Hall–Kier alpha value is -3.07. The van der Waals surface area contributed by atoms with Gasteiger partial charge in [-0.2, -0.15) is 0 Å². The van der Waals surface area contributed by atoms with Crippen molar-refractivity contribution in [1.82, 2.24) is 10.2 Å². The van der Waals surface area contributed by atoms with Crippen molar-refractivity contribution < 1.29 is 22.7 Å². The minimum absolute atomic E-state index is 0.129. The molecule has 0 radical (unpaired) electrons. The van der Waals surface area contributed by atoms with Gasteiger partial charge in [-0.25, -0.2) is 8.42 Å². The summed E-state index contributed by atoms with van der Waals surface area (Å²) in [6.45, 7) is 5.80. The number of sulfonamides is 1. The number of carbonyl (C=O) groups is 2. The Balaban J connectivity index is 2.35. The minimum Gasteiger partial charge on any atom is -0.497 e. The van der Waals surface area contributed by atoms with E-state index in [1.807, 2.05) is 19.9 Å². The van der Waals surface area contributed by atoms with Crippen LogP contribution in [0.4, 0.5) is 5.69 Å². The summed E-state index contributed by atoms with van der Waals surface area (Å²) in [5.41, 5.74) is 2.13. The Labute approximate surface area is 202 Å². The molecule has 0 saturated carbocycles. The molecule has 0 aliphatic rings. The number of nitrogens with zero attached hydrogens (tertiary/aromatic N) is 2. The number of anilines is 1. The number of benzene rings is 2. The van der Waals surface area contributed by atoms with E-state index in [9.17, 15) is 18.0 Å². The average Bonchev–Trinajstić information content (AvgIpc) is 2.80. The SMILES string of the molecule is CCCCNC(=O)C(C)N(Cc1cccc(OC)c1)C(=O)CN(c1ccc(C)cc1)S(C)(=O)=O. The van der Waals surface area contributed by atoms with E-state index in [-0.39, 0.29) is 12.5 Å². The third-order valence-electron chi connectivity index (χ3n) is 5.49. The van der Waals surface area contributed by atoms with Gasteiger partial charge in [-0.15, -0.1) is 0 Å². The predicted molar refractivity (Wildman–Crippen MR) is 134 cm³/mol. The molecule has 1 atom stereocenters. The molecule has 1 N–H and O–H groups in total. The van der Waals surface area contributed by atoms with Gasteiger partial charge in [0.15, 0.2) is 0 Å². The maximum absolute atomic E-state index is 13.5. The summed E-state index contributed by atoms with van der Waals surface area (Å²) in [7, 11) is -2.19. The van der Waals surface area contributed by atoms with Gasteiger partial charge in [0.1, 0.15) is 18.3 Å². The lowest BCUT2D eigenvalue weighted by atomic mass is 10.1. The molecule has 0 aromatic heterocycles. The first-order chi connectivity index (χ1) is 16.1. The molecule has 0 heterocycles.